The quantitative estimate of drug-likeness (QED) is 0.534. The summed E-state index contributed by atoms with van der Waals surface area (Å²) in [6.45, 7) is 2.03. The van der Waals surface area contributed by atoms with Crippen LogP contribution >= 0.6 is 11.3 Å². The van der Waals surface area contributed by atoms with Gasteiger partial charge in [-0.05, 0) is 35.9 Å². The molecule has 0 saturated heterocycles. The number of fused-ring (bicyclic) bond motifs is 1. The van der Waals surface area contributed by atoms with E-state index in [0.717, 1.165) is 39.0 Å². The van der Waals surface area contributed by atoms with Gasteiger partial charge in [-0.15, -0.1) is 10.2 Å². The van der Waals surface area contributed by atoms with Crippen molar-refractivity contribution in [2.75, 3.05) is 5.32 Å². The van der Waals surface area contributed by atoms with E-state index >= 15 is 0 Å². The normalized spacial score (nSPS) is 11.3. The zero-order chi connectivity index (χ0) is 18.6. The Balaban J connectivity index is 1.45. The summed E-state index contributed by atoms with van der Waals surface area (Å²) in [5.41, 5.74) is 2.70. The third-order valence-corrected chi connectivity index (χ3v) is 4.95. The lowest BCUT2D eigenvalue weighted by Crippen LogP contribution is -2.07. The van der Waals surface area contributed by atoms with Crippen LogP contribution in [0.15, 0.2) is 60.7 Å². The van der Waals surface area contributed by atoms with Crippen molar-refractivity contribution in [3.05, 3.63) is 72.1 Å². The molecule has 0 aliphatic rings. The first-order chi connectivity index (χ1) is 13.2. The molecular weight excluding hydrogens is 358 g/mol. The van der Waals surface area contributed by atoms with Crippen LogP contribution in [0, 0.1) is 0 Å². The number of nitrogens with zero attached hydrogens (tertiary/aromatic N) is 4. The molecule has 0 radical (unpaired) electrons. The fraction of sp³-hybridized carbons (Fsp3) is 0.100. The van der Waals surface area contributed by atoms with Gasteiger partial charge in [0.1, 0.15) is 5.01 Å². The SMILES string of the molecule is CCc1nnc2sc(-c3ccc(NC(=O)C=Cc4ccccc4)cc3)nn12. The Kier molecular flexibility index (Phi) is 4.76. The van der Waals surface area contributed by atoms with E-state index in [1.165, 1.54) is 17.4 Å². The molecule has 0 spiro atoms. The Bertz CT molecular complexity index is 1100. The molecule has 0 atom stereocenters. The summed E-state index contributed by atoms with van der Waals surface area (Å²) >= 11 is 1.49. The van der Waals surface area contributed by atoms with E-state index in [9.17, 15) is 4.79 Å². The van der Waals surface area contributed by atoms with Gasteiger partial charge in [0.25, 0.3) is 0 Å². The maximum Gasteiger partial charge on any atom is 0.248 e. The summed E-state index contributed by atoms with van der Waals surface area (Å²) in [7, 11) is 0. The second-order valence-electron chi connectivity index (χ2n) is 5.88. The van der Waals surface area contributed by atoms with Gasteiger partial charge in [-0.25, -0.2) is 0 Å². The molecule has 0 saturated carbocycles. The zero-order valence-corrected chi connectivity index (χ0v) is 15.5. The maximum absolute atomic E-state index is 12.1. The summed E-state index contributed by atoms with van der Waals surface area (Å²) in [4.78, 5) is 12.8. The predicted molar refractivity (Wildman–Crippen MR) is 108 cm³/mol. The molecule has 2 aromatic heterocycles. The van der Waals surface area contributed by atoms with E-state index < -0.39 is 0 Å². The average molecular weight is 375 g/mol. The van der Waals surface area contributed by atoms with Gasteiger partial charge in [0, 0.05) is 23.7 Å². The second-order valence-corrected chi connectivity index (χ2v) is 6.84. The lowest BCUT2D eigenvalue weighted by atomic mass is 10.2. The first-order valence-electron chi connectivity index (χ1n) is 8.58. The third-order valence-electron chi connectivity index (χ3n) is 4.00. The van der Waals surface area contributed by atoms with Gasteiger partial charge in [0.05, 0.1) is 0 Å². The molecule has 0 fully saturated rings. The van der Waals surface area contributed by atoms with Crippen molar-refractivity contribution in [3.63, 3.8) is 0 Å². The summed E-state index contributed by atoms with van der Waals surface area (Å²) < 4.78 is 1.78. The van der Waals surface area contributed by atoms with Crippen molar-refractivity contribution in [1.82, 2.24) is 19.8 Å². The second kappa shape index (κ2) is 7.51. The van der Waals surface area contributed by atoms with E-state index in [0.29, 0.717) is 0 Å². The highest BCUT2D eigenvalue weighted by molar-refractivity contribution is 7.19. The molecule has 1 amide bonds. The van der Waals surface area contributed by atoms with Crippen LogP contribution in [0.4, 0.5) is 5.69 Å². The van der Waals surface area contributed by atoms with Crippen LogP contribution in [-0.2, 0) is 11.2 Å². The smallest absolute Gasteiger partial charge is 0.248 e. The minimum Gasteiger partial charge on any atom is -0.323 e. The Morgan fingerprint density at radius 1 is 1.11 bits per heavy atom. The van der Waals surface area contributed by atoms with Gasteiger partial charge >= 0.3 is 0 Å². The Hall–Kier alpha value is -3.32. The van der Waals surface area contributed by atoms with E-state index in [1.807, 2.05) is 61.5 Å². The van der Waals surface area contributed by atoms with Gasteiger partial charge in [0.15, 0.2) is 5.82 Å². The first-order valence-corrected chi connectivity index (χ1v) is 9.40. The Morgan fingerprint density at radius 3 is 2.63 bits per heavy atom. The predicted octanol–water partition coefficient (Wildman–Crippen LogP) is 4.07. The lowest BCUT2D eigenvalue weighted by molar-refractivity contribution is -0.111. The van der Waals surface area contributed by atoms with Crippen LogP contribution in [-0.4, -0.2) is 25.7 Å². The molecule has 1 N–H and O–H groups in total. The molecule has 0 aliphatic heterocycles. The highest BCUT2D eigenvalue weighted by atomic mass is 32.1. The Labute approximate surface area is 160 Å². The van der Waals surface area contributed by atoms with E-state index in [-0.39, 0.29) is 5.91 Å². The van der Waals surface area contributed by atoms with Crippen LogP contribution < -0.4 is 5.32 Å². The molecule has 4 aromatic rings. The van der Waals surface area contributed by atoms with Gasteiger partial charge < -0.3 is 5.32 Å². The number of carbonyl (C=O) groups is 1. The number of nitrogens with one attached hydrogen (secondary N) is 1. The summed E-state index contributed by atoms with van der Waals surface area (Å²) in [5, 5.41) is 16.6. The minimum absolute atomic E-state index is 0.169. The number of anilines is 1. The van der Waals surface area contributed by atoms with Gasteiger partial charge in [-0.2, -0.15) is 9.61 Å². The maximum atomic E-state index is 12.1. The first kappa shape index (κ1) is 17.1. The van der Waals surface area contributed by atoms with E-state index in [4.69, 9.17) is 0 Å². The van der Waals surface area contributed by atoms with Crippen molar-refractivity contribution < 1.29 is 4.79 Å². The van der Waals surface area contributed by atoms with Crippen molar-refractivity contribution >= 4 is 34.0 Å². The summed E-state index contributed by atoms with van der Waals surface area (Å²) in [5.74, 6) is 0.680. The van der Waals surface area contributed by atoms with Crippen molar-refractivity contribution in [2.24, 2.45) is 0 Å². The number of aromatic nitrogens is 4. The highest BCUT2D eigenvalue weighted by Gasteiger charge is 2.11. The van der Waals surface area contributed by atoms with Crippen LogP contribution in [0.5, 0.6) is 0 Å². The van der Waals surface area contributed by atoms with Crippen LogP contribution in [0.25, 0.3) is 21.6 Å². The lowest BCUT2D eigenvalue weighted by Gasteiger charge is -2.03. The average Bonchev–Trinajstić information content (AvgIpc) is 3.28. The van der Waals surface area contributed by atoms with E-state index in [2.05, 4.69) is 20.6 Å². The number of amides is 1. The third kappa shape index (κ3) is 3.78. The van der Waals surface area contributed by atoms with Crippen molar-refractivity contribution in [2.45, 2.75) is 13.3 Å². The van der Waals surface area contributed by atoms with Crippen molar-refractivity contribution in [3.8, 4) is 10.6 Å². The fourth-order valence-corrected chi connectivity index (χ4v) is 3.47. The molecule has 6 nitrogen and oxygen atoms in total. The number of aryl methyl sites for hydroxylation is 1. The molecular formula is C20H17N5OS. The number of rotatable bonds is 5. The zero-order valence-electron chi connectivity index (χ0n) is 14.7. The molecule has 27 heavy (non-hydrogen) atoms. The van der Waals surface area contributed by atoms with E-state index in [1.54, 1.807) is 10.6 Å². The number of carbonyl (C=O) groups excluding carboxylic acids is 1. The summed E-state index contributed by atoms with van der Waals surface area (Å²) in [6.07, 6.45) is 4.10. The number of hydrogen-bond donors (Lipinski definition) is 1. The molecule has 2 heterocycles. The number of hydrogen-bond acceptors (Lipinski definition) is 5. The molecule has 7 heteroatoms. The topological polar surface area (TPSA) is 72.2 Å². The Morgan fingerprint density at radius 2 is 1.89 bits per heavy atom. The molecule has 2 aromatic carbocycles. The van der Waals surface area contributed by atoms with Gasteiger partial charge in [-0.1, -0.05) is 48.6 Å². The standard InChI is InChI=1S/C20H17N5OS/c1-2-17-22-23-20-25(17)24-19(27-20)15-9-11-16(12-10-15)21-18(26)13-8-14-6-4-3-5-7-14/h3-13H,2H2,1H3,(H,21,26). The minimum atomic E-state index is -0.169. The van der Waals surface area contributed by atoms with Gasteiger partial charge in [0.2, 0.25) is 10.9 Å². The summed E-state index contributed by atoms with van der Waals surface area (Å²) in [6, 6.07) is 17.3. The van der Waals surface area contributed by atoms with Crippen LogP contribution in [0.3, 0.4) is 0 Å². The number of benzene rings is 2. The highest BCUT2D eigenvalue weighted by Crippen LogP contribution is 2.26. The van der Waals surface area contributed by atoms with Crippen LogP contribution in [0.1, 0.15) is 18.3 Å². The monoisotopic (exact) mass is 375 g/mol. The molecule has 0 bridgehead atoms. The molecule has 134 valence electrons. The van der Waals surface area contributed by atoms with Crippen LogP contribution in [0.2, 0.25) is 0 Å². The fourth-order valence-electron chi connectivity index (χ4n) is 2.61. The van der Waals surface area contributed by atoms with Crippen molar-refractivity contribution in [1.29, 1.82) is 0 Å². The molecule has 4 rings (SSSR count). The molecule has 0 unspecified atom stereocenters. The molecule has 0 aliphatic carbocycles. The van der Waals surface area contributed by atoms with Gasteiger partial charge in [-0.3, -0.25) is 4.79 Å². The largest absolute Gasteiger partial charge is 0.323 e.